The van der Waals surface area contributed by atoms with Crippen molar-refractivity contribution in [3.8, 4) is 5.75 Å². The van der Waals surface area contributed by atoms with E-state index < -0.39 is 0 Å². The maximum absolute atomic E-state index is 9.75. The van der Waals surface area contributed by atoms with Gasteiger partial charge in [0, 0.05) is 5.56 Å². The summed E-state index contributed by atoms with van der Waals surface area (Å²) in [6.07, 6.45) is 2.35. The fourth-order valence-electron chi connectivity index (χ4n) is 1.15. The topological polar surface area (TPSA) is 70.6 Å². The minimum Gasteiger partial charge on any atom is -0.506 e. The summed E-state index contributed by atoms with van der Waals surface area (Å²) in [4.78, 5) is 0. The summed E-state index contributed by atoms with van der Waals surface area (Å²) < 4.78 is 0.642. The number of phenolic OH excluding ortho intramolecular Hbond substituents is 1. The van der Waals surface area contributed by atoms with Gasteiger partial charge >= 0.3 is 0 Å². The van der Waals surface area contributed by atoms with E-state index in [1.54, 1.807) is 0 Å². The molecular formula is C10H12BrN3OS. The first-order valence-corrected chi connectivity index (χ1v) is 5.84. The summed E-state index contributed by atoms with van der Waals surface area (Å²) in [7, 11) is 0. The summed E-state index contributed by atoms with van der Waals surface area (Å²) >= 11 is 7.88. The van der Waals surface area contributed by atoms with E-state index in [0.717, 1.165) is 12.0 Å². The van der Waals surface area contributed by atoms with Gasteiger partial charge in [0.2, 0.25) is 0 Å². The lowest BCUT2D eigenvalue weighted by molar-refractivity contribution is 0.471. The number of thiocarbonyl (C=S) groups is 1. The molecule has 0 aliphatic rings. The Labute approximate surface area is 108 Å². The molecule has 86 valence electrons. The Morgan fingerprint density at radius 3 is 2.94 bits per heavy atom. The number of halogens is 1. The van der Waals surface area contributed by atoms with Crippen molar-refractivity contribution in [2.75, 3.05) is 0 Å². The van der Waals surface area contributed by atoms with Gasteiger partial charge in [-0.1, -0.05) is 6.92 Å². The Morgan fingerprint density at radius 2 is 2.38 bits per heavy atom. The molecule has 0 spiro atoms. The smallest absolute Gasteiger partial charge is 0.184 e. The number of nitrogens with one attached hydrogen (secondary N) is 1. The Morgan fingerprint density at radius 1 is 1.69 bits per heavy atom. The molecule has 0 aliphatic heterocycles. The third kappa shape index (κ3) is 3.46. The van der Waals surface area contributed by atoms with Crippen molar-refractivity contribution in [3.05, 3.63) is 27.7 Å². The van der Waals surface area contributed by atoms with Crippen molar-refractivity contribution in [3.63, 3.8) is 0 Å². The van der Waals surface area contributed by atoms with Crippen LogP contribution in [0.15, 0.2) is 21.7 Å². The number of aromatic hydroxyl groups is 1. The zero-order chi connectivity index (χ0) is 12.1. The van der Waals surface area contributed by atoms with Crippen molar-refractivity contribution in [2.24, 2.45) is 10.8 Å². The van der Waals surface area contributed by atoms with E-state index in [1.165, 1.54) is 6.21 Å². The molecule has 16 heavy (non-hydrogen) atoms. The fourth-order valence-corrected chi connectivity index (χ4v) is 1.72. The molecule has 0 aromatic heterocycles. The average molecular weight is 302 g/mol. The molecule has 1 aromatic rings. The molecule has 4 N–H and O–H groups in total. The Balaban J connectivity index is 2.98. The van der Waals surface area contributed by atoms with Crippen LogP contribution < -0.4 is 11.2 Å². The number of aryl methyl sites for hydroxylation is 1. The van der Waals surface area contributed by atoms with Gasteiger partial charge in [0.25, 0.3) is 0 Å². The van der Waals surface area contributed by atoms with Crippen LogP contribution in [-0.4, -0.2) is 16.4 Å². The summed E-state index contributed by atoms with van der Waals surface area (Å²) in [5.74, 6) is 0.144. The normalized spacial score (nSPS) is 10.6. The molecule has 0 aliphatic carbocycles. The van der Waals surface area contributed by atoms with Crippen LogP contribution in [0.1, 0.15) is 18.1 Å². The van der Waals surface area contributed by atoms with E-state index in [-0.39, 0.29) is 10.9 Å². The molecule has 6 heteroatoms. The summed E-state index contributed by atoms with van der Waals surface area (Å²) in [5, 5.41) is 13.6. The Kier molecular flexibility index (Phi) is 4.70. The summed E-state index contributed by atoms with van der Waals surface area (Å²) in [5.41, 5.74) is 9.35. The number of benzene rings is 1. The molecule has 0 radical (unpaired) electrons. The van der Waals surface area contributed by atoms with Crippen molar-refractivity contribution in [1.29, 1.82) is 0 Å². The molecule has 0 heterocycles. The minimum absolute atomic E-state index is 0.0847. The number of nitrogens with zero attached hydrogens (tertiary/aromatic N) is 1. The van der Waals surface area contributed by atoms with Crippen LogP contribution in [-0.2, 0) is 6.42 Å². The fraction of sp³-hybridized carbons (Fsp3) is 0.200. The van der Waals surface area contributed by atoms with Crippen molar-refractivity contribution in [2.45, 2.75) is 13.3 Å². The van der Waals surface area contributed by atoms with Gasteiger partial charge in [-0.2, -0.15) is 5.10 Å². The third-order valence-electron chi connectivity index (χ3n) is 1.94. The highest BCUT2D eigenvalue weighted by molar-refractivity contribution is 9.10. The van der Waals surface area contributed by atoms with E-state index in [0.29, 0.717) is 10.0 Å². The molecule has 0 bridgehead atoms. The van der Waals surface area contributed by atoms with Gasteiger partial charge in [-0.25, -0.2) is 0 Å². The monoisotopic (exact) mass is 301 g/mol. The lowest BCUT2D eigenvalue weighted by Crippen LogP contribution is -2.24. The van der Waals surface area contributed by atoms with Gasteiger partial charge in [-0.05, 0) is 52.3 Å². The summed E-state index contributed by atoms with van der Waals surface area (Å²) in [6.45, 7) is 2.03. The highest BCUT2D eigenvalue weighted by Crippen LogP contribution is 2.28. The maximum atomic E-state index is 9.75. The number of hydrazone groups is 1. The van der Waals surface area contributed by atoms with Crippen LogP contribution in [0.5, 0.6) is 5.75 Å². The van der Waals surface area contributed by atoms with Crippen LogP contribution >= 0.6 is 28.1 Å². The van der Waals surface area contributed by atoms with Crippen molar-refractivity contribution < 1.29 is 5.11 Å². The lowest BCUT2D eigenvalue weighted by atomic mass is 10.1. The van der Waals surface area contributed by atoms with Crippen LogP contribution in [0.25, 0.3) is 0 Å². The number of hydrogen-bond acceptors (Lipinski definition) is 3. The molecule has 0 saturated carbocycles. The maximum Gasteiger partial charge on any atom is 0.184 e. The first-order chi connectivity index (χ1) is 7.54. The van der Waals surface area contributed by atoms with Gasteiger partial charge in [0.15, 0.2) is 5.11 Å². The molecule has 0 saturated heterocycles. The molecule has 1 rings (SSSR count). The minimum atomic E-state index is 0.0847. The van der Waals surface area contributed by atoms with E-state index in [1.807, 2.05) is 19.1 Å². The highest BCUT2D eigenvalue weighted by Gasteiger charge is 2.05. The predicted molar refractivity (Wildman–Crippen MR) is 72.7 cm³/mol. The van der Waals surface area contributed by atoms with Crippen LogP contribution in [0.3, 0.4) is 0 Å². The molecule has 0 unspecified atom stereocenters. The number of hydrogen-bond donors (Lipinski definition) is 3. The lowest BCUT2D eigenvalue weighted by Gasteiger charge is -2.05. The zero-order valence-electron chi connectivity index (χ0n) is 8.70. The SMILES string of the molecule is CCc1cc(Br)c(O)c(C=NNC(N)=S)c1. The quantitative estimate of drug-likeness (QED) is 0.453. The third-order valence-corrected chi connectivity index (χ3v) is 2.64. The highest BCUT2D eigenvalue weighted by atomic mass is 79.9. The van der Waals surface area contributed by atoms with E-state index in [2.05, 4.69) is 38.7 Å². The first kappa shape index (κ1) is 12.9. The molecule has 1 aromatic carbocycles. The predicted octanol–water partition coefficient (Wildman–Crippen LogP) is 1.88. The second-order valence-corrected chi connectivity index (χ2v) is 4.40. The molecular weight excluding hydrogens is 290 g/mol. The summed E-state index contributed by atoms with van der Waals surface area (Å²) in [6, 6.07) is 3.72. The molecule has 4 nitrogen and oxygen atoms in total. The largest absolute Gasteiger partial charge is 0.506 e. The van der Waals surface area contributed by atoms with Crippen LogP contribution in [0.4, 0.5) is 0 Å². The zero-order valence-corrected chi connectivity index (χ0v) is 11.1. The van der Waals surface area contributed by atoms with Gasteiger partial charge in [0.05, 0.1) is 10.7 Å². The van der Waals surface area contributed by atoms with Crippen LogP contribution in [0, 0.1) is 0 Å². The Hall–Kier alpha value is -1.14. The Bertz CT molecular complexity index is 434. The first-order valence-electron chi connectivity index (χ1n) is 4.64. The molecule has 0 atom stereocenters. The van der Waals surface area contributed by atoms with E-state index >= 15 is 0 Å². The van der Waals surface area contributed by atoms with Crippen molar-refractivity contribution >= 4 is 39.5 Å². The van der Waals surface area contributed by atoms with Gasteiger partial charge in [-0.15, -0.1) is 0 Å². The standard InChI is InChI=1S/C10H12BrN3OS/c1-2-6-3-7(5-13-14-10(12)16)9(15)8(11)4-6/h3-5,15H,2H2,1H3,(H3,12,14,16). The second kappa shape index (κ2) is 5.81. The second-order valence-electron chi connectivity index (χ2n) is 3.10. The van der Waals surface area contributed by atoms with Gasteiger partial charge < -0.3 is 10.8 Å². The van der Waals surface area contributed by atoms with E-state index in [4.69, 9.17) is 5.73 Å². The van der Waals surface area contributed by atoms with Crippen molar-refractivity contribution in [1.82, 2.24) is 5.43 Å². The molecule has 0 fully saturated rings. The van der Waals surface area contributed by atoms with Gasteiger partial charge in [0.1, 0.15) is 5.75 Å². The number of rotatable bonds is 3. The molecule has 0 amide bonds. The van der Waals surface area contributed by atoms with E-state index in [9.17, 15) is 5.11 Å². The number of nitrogens with two attached hydrogens (primary N) is 1. The number of phenols is 1. The van der Waals surface area contributed by atoms with Crippen LogP contribution in [0.2, 0.25) is 0 Å². The average Bonchev–Trinajstić information content (AvgIpc) is 2.23. The van der Waals surface area contributed by atoms with Gasteiger partial charge in [-0.3, -0.25) is 5.43 Å².